The summed E-state index contributed by atoms with van der Waals surface area (Å²) in [5.74, 6) is 0. The molecule has 4 aliphatic rings. The van der Waals surface area contributed by atoms with Crippen molar-refractivity contribution in [2.24, 2.45) is 0 Å². The largest absolute Gasteiger partial charge is 0.742 e. The standard InChI is InChI=1S/C26H18O2.2C17H23NSi.2C4H8O.2Yb/c27-25(21-13-5-1-9-17(21)18-10-2-6-14-22(18)25)26(28)23-15-7-3-11-19(23)20-12-4-8-16-24(20)26;2*1-12-13(2)15(4)17(14(12)3)19(5,6)18-16-10-8-7-9-11-16;2*1-2-4-5-3-1;;/h1-16,27-28H;2*7-11H,1-6H3;2*1-4H2;;/q;-6;-2;;;;. The molecule has 8 aromatic rings. The van der Waals surface area contributed by atoms with Gasteiger partial charge in [-0.2, -0.15) is 27.4 Å². The normalized spacial score (nSPS) is 14.8. The predicted octanol–water partition coefficient (Wildman–Crippen LogP) is 15.9. The van der Waals surface area contributed by atoms with E-state index in [1.165, 1.54) is 80.6 Å². The van der Waals surface area contributed by atoms with Gasteiger partial charge in [-0.05, 0) is 70.2 Å². The van der Waals surface area contributed by atoms with E-state index >= 15 is 0 Å². The van der Waals surface area contributed by atoms with Crippen molar-refractivity contribution in [3.8, 4) is 22.3 Å². The molecule has 2 aliphatic carbocycles. The van der Waals surface area contributed by atoms with Crippen LogP contribution in [0.4, 0.5) is 11.4 Å². The molecule has 0 radical (unpaired) electrons. The van der Waals surface area contributed by atoms with E-state index in [0.29, 0.717) is 0 Å². The summed E-state index contributed by atoms with van der Waals surface area (Å²) in [6.45, 7) is 31.3. The Kier molecular flexibility index (Phi) is 22.8. The molecule has 10 heteroatoms. The molecule has 0 aromatic heterocycles. The molecular weight excluding hydrogens is 1310 g/mol. The number of hydrogen-bond donors (Lipinski definition) is 2. The van der Waals surface area contributed by atoms with Crippen LogP contribution in [0.15, 0.2) is 158 Å². The van der Waals surface area contributed by atoms with Gasteiger partial charge in [0, 0.05) is 120 Å². The van der Waals surface area contributed by atoms with Gasteiger partial charge in [-0.15, -0.1) is 24.5 Å². The second kappa shape index (κ2) is 27.8. The zero-order valence-corrected chi connectivity index (χ0v) is 53.2. The smallest absolute Gasteiger partial charge is 0.153 e. The fraction of sp³-hybridized carbons (Fsp3) is 0.324. The van der Waals surface area contributed by atoms with E-state index in [9.17, 15) is 10.2 Å². The molecule has 0 bridgehead atoms. The molecule has 0 amide bonds. The van der Waals surface area contributed by atoms with Gasteiger partial charge in [-0.1, -0.05) is 207 Å². The van der Waals surface area contributed by atoms with Gasteiger partial charge in [-0.3, -0.25) is 0 Å². The summed E-state index contributed by atoms with van der Waals surface area (Å²) in [7, 11) is -3.59. The zero-order valence-electron chi connectivity index (χ0n) is 47.8. The predicted molar refractivity (Wildman–Crippen MR) is 325 cm³/mol. The average molecular weight is 1390 g/mol. The second-order valence-corrected chi connectivity index (χ2v) is 29.7. The van der Waals surface area contributed by atoms with Crippen molar-refractivity contribution in [3.05, 3.63) is 234 Å². The number of hydrogen-bond acceptors (Lipinski definition) is 4. The van der Waals surface area contributed by atoms with Crippen LogP contribution in [-0.4, -0.2) is 53.1 Å². The molecule has 430 valence electrons. The molecule has 0 spiro atoms. The van der Waals surface area contributed by atoms with Crippen LogP contribution >= 0.6 is 0 Å². The maximum absolute atomic E-state index is 12.4. The van der Waals surface area contributed by atoms with Gasteiger partial charge in [-0.25, -0.2) is 35.9 Å². The first-order chi connectivity index (χ1) is 36.4. The number of fused-ring (bicyclic) bond motifs is 6. The average Bonchev–Trinajstić information content (AvgIpc) is 3.80. The van der Waals surface area contributed by atoms with Gasteiger partial charge in [0.1, 0.15) is 0 Å². The molecular formula is C68H80N2O4Si2Yb2-8. The molecule has 2 aliphatic heterocycles. The number of nitrogens with zero attached hydrogens (tertiary/aromatic N) is 2. The molecule has 2 saturated heterocycles. The van der Waals surface area contributed by atoms with Crippen LogP contribution in [0.5, 0.6) is 0 Å². The topological polar surface area (TPSA) is 87.1 Å². The Labute approximate surface area is 546 Å². The van der Waals surface area contributed by atoms with Crippen molar-refractivity contribution >= 4 is 38.2 Å². The molecule has 2 heterocycles. The molecule has 6 nitrogen and oxygen atoms in total. The van der Waals surface area contributed by atoms with Crippen molar-refractivity contribution < 1.29 is 114 Å². The molecule has 0 unspecified atom stereocenters. The Bertz CT molecular complexity index is 2870. The summed E-state index contributed by atoms with van der Waals surface area (Å²) in [5, 5.41) is 27.8. The minimum atomic E-state index is -1.79. The number of aliphatic hydroxyl groups is 2. The van der Waals surface area contributed by atoms with Crippen molar-refractivity contribution in [3.63, 3.8) is 0 Å². The number of ether oxygens (including phenoxy) is 2. The molecule has 0 saturated carbocycles. The van der Waals surface area contributed by atoms with E-state index in [0.717, 1.165) is 82.3 Å². The summed E-state index contributed by atoms with van der Waals surface area (Å²) >= 11 is 0. The Balaban J connectivity index is 0.000000175. The third-order valence-electron chi connectivity index (χ3n) is 16.5. The van der Waals surface area contributed by atoms with Gasteiger partial charge < -0.3 is 57.1 Å². The maximum Gasteiger partial charge on any atom is 0.153 e. The molecule has 2 fully saturated rings. The van der Waals surface area contributed by atoms with Crippen molar-refractivity contribution in [1.82, 2.24) is 0 Å². The van der Waals surface area contributed by atoms with Gasteiger partial charge >= 0.3 is 0 Å². The van der Waals surface area contributed by atoms with Crippen LogP contribution in [0.3, 0.4) is 0 Å². The van der Waals surface area contributed by atoms with E-state index in [1.807, 2.05) is 109 Å². The molecule has 0 atom stereocenters. The first-order valence-corrected chi connectivity index (χ1v) is 33.3. The van der Waals surface area contributed by atoms with E-state index in [1.54, 1.807) is 0 Å². The molecule has 12 rings (SSSR count). The van der Waals surface area contributed by atoms with Crippen LogP contribution in [0, 0.1) is 149 Å². The minimum Gasteiger partial charge on any atom is -0.742 e. The fourth-order valence-corrected chi connectivity index (χ4v) is 18.5. The summed E-state index contributed by atoms with van der Waals surface area (Å²) < 4.78 is 9.89. The Morgan fingerprint density at radius 3 is 0.949 bits per heavy atom. The second-order valence-electron chi connectivity index (χ2n) is 22.0. The van der Waals surface area contributed by atoms with Crippen LogP contribution in [0.25, 0.3) is 32.2 Å². The van der Waals surface area contributed by atoms with Crippen LogP contribution in [0.1, 0.15) is 92.4 Å². The fourth-order valence-electron chi connectivity index (χ4n) is 12.3. The number of benzene rings is 6. The van der Waals surface area contributed by atoms with Crippen LogP contribution in [-0.2, 0) is 20.7 Å². The number of rotatable bonds is 7. The van der Waals surface area contributed by atoms with E-state index in [4.69, 9.17) is 19.4 Å². The van der Waals surface area contributed by atoms with Crippen molar-refractivity contribution in [2.75, 3.05) is 26.4 Å². The maximum atomic E-state index is 12.4. The van der Waals surface area contributed by atoms with E-state index < -0.39 is 27.7 Å². The van der Waals surface area contributed by atoms with Gasteiger partial charge in [0.15, 0.2) is 11.2 Å². The molecule has 2 N–H and O–H groups in total. The summed E-state index contributed by atoms with van der Waals surface area (Å²) in [6, 6.07) is 52.1. The van der Waals surface area contributed by atoms with E-state index in [-0.39, 0.29) is 93.8 Å². The molecule has 8 aromatic carbocycles. The minimum absolute atomic E-state index is 0. The molecule has 78 heavy (non-hydrogen) atoms. The van der Waals surface area contributed by atoms with Crippen LogP contribution in [0.2, 0.25) is 26.2 Å². The first-order valence-electron chi connectivity index (χ1n) is 27.4. The Morgan fingerprint density at radius 2 is 0.667 bits per heavy atom. The van der Waals surface area contributed by atoms with Crippen molar-refractivity contribution in [2.45, 2.75) is 118 Å². The third-order valence-corrected chi connectivity index (χ3v) is 22.0. The first kappa shape index (κ1) is 64.1. The van der Waals surface area contributed by atoms with Gasteiger partial charge in [0.25, 0.3) is 0 Å². The monoisotopic (exact) mass is 1390 g/mol. The Hall–Kier alpha value is -3.07. The SMILES string of the molecule is C1CCOC1.C1CCOC1.C[c-]1[c-](C)[c-](C)[c-]([Si](C)(C)[N-]c2ccccc2)[c-]1C.Cc1c(C)c(C)[c-]([Si](C)(C)[N-]c2ccccc2)c1C.OC1(C2(O)c3ccccc3-c3ccccc32)c2ccccc2-c2ccccc21.[Yb].[Yb]. The van der Waals surface area contributed by atoms with Crippen LogP contribution < -0.4 is 10.4 Å². The summed E-state index contributed by atoms with van der Waals surface area (Å²) in [6.07, 6.45) is 5.11. The quantitative estimate of drug-likeness (QED) is 0.123. The van der Waals surface area contributed by atoms with Crippen molar-refractivity contribution in [1.29, 1.82) is 0 Å². The summed E-state index contributed by atoms with van der Waals surface area (Å²) in [5.41, 5.74) is 17.5. The zero-order chi connectivity index (χ0) is 54.4. The van der Waals surface area contributed by atoms with E-state index in [2.05, 4.69) is 130 Å². The third kappa shape index (κ3) is 13.1. The van der Waals surface area contributed by atoms with Gasteiger partial charge in [0.05, 0.1) is 0 Å². The van der Waals surface area contributed by atoms with Gasteiger partial charge in [0.2, 0.25) is 0 Å². The Morgan fingerprint density at radius 1 is 0.397 bits per heavy atom. The summed E-state index contributed by atoms with van der Waals surface area (Å²) in [4.78, 5) is 10.2.